The predicted octanol–water partition coefficient (Wildman–Crippen LogP) is 5.88. The summed E-state index contributed by atoms with van der Waals surface area (Å²) in [6, 6.07) is 0.749. The molecule has 0 radical (unpaired) electrons. The molecule has 0 aromatic carbocycles. The highest BCUT2D eigenvalue weighted by atomic mass is 31.2. The molecule has 1 aromatic heterocycles. The third-order valence-corrected chi connectivity index (χ3v) is 7.26. The standard InChI is InChI=1S/C17H19F12N3O9P2/c18-14(19,20)6-37-42(34,38-7-15(21,22)23)31-11-3-4-32(13(33)30-11)12-2-1-10(41-12)5-36-43(35,39-8-16(24,25)26)40-9-17(27,28)29/h3-4,10,12H,1-2,5-9H2,(H,30,31,33,34)/t10-,12+/m0/s1. The summed E-state index contributed by atoms with van der Waals surface area (Å²) >= 11 is 0. The van der Waals surface area contributed by atoms with Crippen LogP contribution in [-0.2, 0) is 36.5 Å². The quantitative estimate of drug-likeness (QED) is 0.184. The van der Waals surface area contributed by atoms with Gasteiger partial charge in [0.1, 0.15) is 12.0 Å². The topological polar surface area (TPSA) is 136 Å². The van der Waals surface area contributed by atoms with E-state index in [1.54, 1.807) is 5.09 Å². The molecule has 0 saturated carbocycles. The van der Waals surface area contributed by atoms with Crippen LogP contribution in [-0.4, -0.2) is 73.4 Å². The fraction of sp³-hybridized carbons (Fsp3) is 0.765. The van der Waals surface area contributed by atoms with Crippen LogP contribution in [0.15, 0.2) is 17.1 Å². The summed E-state index contributed by atoms with van der Waals surface area (Å²) in [5.74, 6) is -0.851. The third kappa shape index (κ3) is 14.6. The molecule has 0 aliphatic carbocycles. The van der Waals surface area contributed by atoms with Crippen LogP contribution in [0.3, 0.4) is 0 Å². The smallest absolute Gasteiger partial charge is 0.352 e. The molecule has 1 aromatic rings. The summed E-state index contributed by atoms with van der Waals surface area (Å²) in [4.78, 5) is 15.7. The molecule has 43 heavy (non-hydrogen) atoms. The zero-order chi connectivity index (χ0) is 32.9. The fourth-order valence-electron chi connectivity index (χ4n) is 2.86. The maximum atomic E-state index is 12.4. The second-order valence-corrected chi connectivity index (χ2v) is 11.6. The summed E-state index contributed by atoms with van der Waals surface area (Å²) in [6.07, 6.45) is -22.4. The van der Waals surface area contributed by atoms with E-state index in [0.29, 0.717) is 4.57 Å². The van der Waals surface area contributed by atoms with Crippen LogP contribution >= 0.6 is 15.6 Å². The number of phosphoric ester groups is 1. The summed E-state index contributed by atoms with van der Waals surface area (Å²) < 4.78 is 200. The number of rotatable bonds is 14. The molecule has 12 nitrogen and oxygen atoms in total. The molecule has 1 N–H and O–H groups in total. The van der Waals surface area contributed by atoms with E-state index >= 15 is 0 Å². The van der Waals surface area contributed by atoms with Crippen LogP contribution in [0.1, 0.15) is 19.1 Å². The lowest BCUT2D eigenvalue weighted by Gasteiger charge is -2.22. The first-order chi connectivity index (χ1) is 19.4. The van der Waals surface area contributed by atoms with Crippen molar-refractivity contribution in [1.82, 2.24) is 9.55 Å². The van der Waals surface area contributed by atoms with Gasteiger partial charge in [0.2, 0.25) is 0 Å². The summed E-state index contributed by atoms with van der Waals surface area (Å²) in [5.41, 5.74) is -1.29. The minimum absolute atomic E-state index is 0.0958. The largest absolute Gasteiger partial charge is 0.475 e. The average molecular weight is 699 g/mol. The molecule has 1 aliphatic rings. The van der Waals surface area contributed by atoms with Crippen molar-refractivity contribution in [2.75, 3.05) is 38.1 Å². The number of anilines is 1. The number of hydrogen-bond donors (Lipinski definition) is 1. The van der Waals surface area contributed by atoms with Crippen molar-refractivity contribution in [2.24, 2.45) is 0 Å². The number of halogens is 12. The molecule has 1 aliphatic heterocycles. The van der Waals surface area contributed by atoms with Gasteiger partial charge in [0, 0.05) is 6.20 Å². The Morgan fingerprint density at radius 1 is 0.791 bits per heavy atom. The van der Waals surface area contributed by atoms with Crippen molar-refractivity contribution < 1.29 is 89.2 Å². The molecular formula is C17H19F12N3O9P2. The van der Waals surface area contributed by atoms with Crippen molar-refractivity contribution >= 4 is 21.4 Å². The van der Waals surface area contributed by atoms with Gasteiger partial charge >= 0.3 is 46.0 Å². The molecule has 1 fully saturated rings. The minimum atomic E-state index is -5.43. The van der Waals surface area contributed by atoms with Gasteiger partial charge in [0.25, 0.3) is 0 Å². The van der Waals surface area contributed by atoms with Crippen molar-refractivity contribution in [3.63, 3.8) is 0 Å². The number of alkyl halides is 12. The minimum Gasteiger partial charge on any atom is -0.352 e. The molecule has 250 valence electrons. The second kappa shape index (κ2) is 14.0. The van der Waals surface area contributed by atoms with Crippen LogP contribution in [0, 0.1) is 0 Å². The molecule has 0 bridgehead atoms. The number of hydrogen-bond acceptors (Lipinski definition) is 10. The third-order valence-electron chi connectivity index (χ3n) is 4.46. The zero-order valence-electron chi connectivity index (χ0n) is 20.8. The van der Waals surface area contributed by atoms with Gasteiger partial charge in [-0.1, -0.05) is 0 Å². The van der Waals surface area contributed by atoms with Gasteiger partial charge < -0.3 is 4.74 Å². The lowest BCUT2D eigenvalue weighted by atomic mass is 10.2. The molecule has 2 heterocycles. The van der Waals surface area contributed by atoms with Gasteiger partial charge in [-0.15, -0.1) is 0 Å². The molecular weight excluding hydrogens is 680 g/mol. The molecule has 0 amide bonds. The lowest BCUT2D eigenvalue weighted by Crippen LogP contribution is -2.28. The number of nitrogens with zero attached hydrogens (tertiary/aromatic N) is 2. The van der Waals surface area contributed by atoms with Crippen molar-refractivity contribution in [3.8, 4) is 0 Å². The van der Waals surface area contributed by atoms with Gasteiger partial charge in [-0.05, 0) is 18.9 Å². The number of aromatic nitrogens is 2. The molecule has 26 heteroatoms. The Kier molecular flexibility index (Phi) is 12.1. The molecule has 2 rings (SSSR count). The van der Waals surface area contributed by atoms with Crippen LogP contribution in [0.2, 0.25) is 0 Å². The van der Waals surface area contributed by atoms with Crippen LogP contribution in [0.25, 0.3) is 0 Å². The monoisotopic (exact) mass is 699 g/mol. The fourth-order valence-corrected chi connectivity index (χ4v) is 5.28. The van der Waals surface area contributed by atoms with Crippen LogP contribution in [0.4, 0.5) is 58.5 Å². The molecule has 0 spiro atoms. The van der Waals surface area contributed by atoms with E-state index in [-0.39, 0.29) is 12.8 Å². The second-order valence-electron chi connectivity index (χ2n) is 8.20. The first-order valence-corrected chi connectivity index (χ1v) is 14.1. The summed E-state index contributed by atoms with van der Waals surface area (Å²) in [6.45, 7) is -10.1. The Morgan fingerprint density at radius 3 is 1.70 bits per heavy atom. The lowest BCUT2D eigenvalue weighted by molar-refractivity contribution is -0.171. The Hall–Kier alpha value is -1.94. The van der Waals surface area contributed by atoms with Crippen molar-refractivity contribution in [3.05, 3.63) is 22.7 Å². The SMILES string of the molecule is O=c1nc(NP(=O)(OCC(F)(F)F)OCC(F)(F)F)ccn1[C@H]1CC[C@@H](COP(=O)(OCC(F)(F)F)OCC(F)(F)F)O1. The zero-order valence-corrected chi connectivity index (χ0v) is 22.5. The Morgan fingerprint density at radius 2 is 1.26 bits per heavy atom. The molecule has 0 unspecified atom stereocenters. The Labute approximate surface area is 231 Å². The highest BCUT2D eigenvalue weighted by molar-refractivity contribution is 7.55. The van der Waals surface area contributed by atoms with Gasteiger partial charge in [-0.2, -0.15) is 57.7 Å². The number of nitrogens with one attached hydrogen (secondary N) is 1. The van der Waals surface area contributed by atoms with Crippen molar-refractivity contribution in [1.29, 1.82) is 0 Å². The van der Waals surface area contributed by atoms with E-state index in [9.17, 15) is 66.6 Å². The average Bonchev–Trinajstić information content (AvgIpc) is 3.30. The van der Waals surface area contributed by atoms with E-state index in [2.05, 4.69) is 27.6 Å². The maximum Gasteiger partial charge on any atom is 0.475 e. The molecule has 2 atom stereocenters. The van der Waals surface area contributed by atoms with Gasteiger partial charge in [0.15, 0.2) is 26.4 Å². The van der Waals surface area contributed by atoms with Crippen LogP contribution in [0.5, 0.6) is 0 Å². The predicted molar refractivity (Wildman–Crippen MR) is 114 cm³/mol. The van der Waals surface area contributed by atoms with E-state index in [0.717, 1.165) is 12.3 Å². The van der Waals surface area contributed by atoms with Gasteiger partial charge in [-0.25, -0.2) is 13.9 Å². The van der Waals surface area contributed by atoms with Gasteiger partial charge in [0.05, 0.1) is 12.7 Å². The summed E-state index contributed by atoms with van der Waals surface area (Å²) in [5, 5.41) is 1.56. The number of ether oxygens (including phenoxy) is 1. The maximum absolute atomic E-state index is 12.4. The first kappa shape index (κ1) is 37.2. The highest BCUT2D eigenvalue weighted by Crippen LogP contribution is 2.52. The van der Waals surface area contributed by atoms with E-state index in [1.165, 1.54) is 0 Å². The van der Waals surface area contributed by atoms with E-state index in [4.69, 9.17) is 4.74 Å². The van der Waals surface area contributed by atoms with E-state index in [1.807, 2.05) is 0 Å². The first-order valence-electron chi connectivity index (χ1n) is 11.1. The molecule has 1 saturated heterocycles. The van der Waals surface area contributed by atoms with Gasteiger partial charge in [-0.3, -0.25) is 32.3 Å². The number of phosphoric acid groups is 1. The Bertz CT molecular complexity index is 1180. The van der Waals surface area contributed by atoms with E-state index < -0.39 is 97.1 Å². The summed E-state index contributed by atoms with van der Waals surface area (Å²) in [7, 11) is -10.8. The van der Waals surface area contributed by atoms with Crippen molar-refractivity contribution in [2.45, 2.75) is 49.9 Å². The van der Waals surface area contributed by atoms with Crippen LogP contribution < -0.4 is 10.8 Å². The normalized spacial score (nSPS) is 19.2. The Balaban J connectivity index is 2.08. The highest BCUT2D eigenvalue weighted by Gasteiger charge is 2.42.